The van der Waals surface area contributed by atoms with E-state index in [2.05, 4.69) is 27.9 Å². The number of hydrogen-bond donors (Lipinski definition) is 0. The monoisotopic (exact) mass is 298 g/mol. The third-order valence-electron chi connectivity index (χ3n) is 3.43. The van der Waals surface area contributed by atoms with Crippen LogP contribution in [0.1, 0.15) is 24.8 Å². The van der Waals surface area contributed by atoms with E-state index >= 15 is 0 Å². The Hall–Kier alpha value is -1.10. The molecule has 0 unspecified atom stereocenters. The van der Waals surface area contributed by atoms with Crippen molar-refractivity contribution in [1.29, 1.82) is 0 Å². The molecule has 0 aromatic heterocycles. The summed E-state index contributed by atoms with van der Waals surface area (Å²) in [6, 6.07) is 5.94. The lowest BCUT2D eigenvalue weighted by Gasteiger charge is -2.36. The third-order valence-corrected chi connectivity index (χ3v) is 4.04. The number of anilines is 1. The highest BCUT2D eigenvalue weighted by Gasteiger charge is 2.23. The number of halogens is 1. The smallest absolute Gasteiger partial charge is 0.273 e. The molecule has 0 bridgehead atoms. The Morgan fingerprint density at radius 1 is 1.53 bits per heavy atom. The van der Waals surface area contributed by atoms with Gasteiger partial charge in [-0.15, -0.1) is 0 Å². The van der Waals surface area contributed by atoms with Crippen LogP contribution in [0.25, 0.3) is 0 Å². The molecular weight excluding hydrogens is 284 g/mol. The Morgan fingerprint density at radius 3 is 2.71 bits per heavy atom. The maximum absolute atomic E-state index is 10.8. The van der Waals surface area contributed by atoms with E-state index in [1.165, 1.54) is 19.3 Å². The van der Waals surface area contributed by atoms with Gasteiger partial charge in [0.2, 0.25) is 0 Å². The number of alkyl halides is 1. The van der Waals surface area contributed by atoms with E-state index in [1.54, 1.807) is 6.07 Å². The summed E-state index contributed by atoms with van der Waals surface area (Å²) >= 11 is 3.31. The average Bonchev–Trinajstić information content (AvgIpc) is 2.25. The van der Waals surface area contributed by atoms with Crippen LogP contribution in [0, 0.1) is 10.1 Å². The van der Waals surface area contributed by atoms with Crippen LogP contribution in [0.4, 0.5) is 11.4 Å². The van der Waals surface area contributed by atoms with E-state index in [-0.39, 0.29) is 10.6 Å². The zero-order chi connectivity index (χ0) is 12.4. The number of nitro benzene ring substituents is 1. The molecule has 1 aliphatic rings. The van der Waals surface area contributed by atoms with E-state index < -0.39 is 0 Å². The predicted octanol–water partition coefficient (Wildman–Crippen LogP) is 3.48. The Labute approximate surface area is 109 Å². The SMILES string of the molecule is CN(c1ccc([N+](=O)[O-])c(CBr)c1)C1CCC1. The van der Waals surface area contributed by atoms with Gasteiger partial charge in [-0.2, -0.15) is 0 Å². The molecule has 1 fully saturated rings. The lowest BCUT2D eigenvalue weighted by molar-refractivity contribution is -0.385. The standard InChI is InChI=1S/C12H15BrN2O2/c1-14(10-3-2-4-10)11-5-6-12(15(16)17)9(7-11)8-13/h5-7,10H,2-4,8H2,1H3. The molecule has 0 aliphatic heterocycles. The van der Waals surface area contributed by atoms with E-state index in [9.17, 15) is 10.1 Å². The van der Waals surface area contributed by atoms with Gasteiger partial charge in [-0.3, -0.25) is 10.1 Å². The Kier molecular flexibility index (Phi) is 3.66. The van der Waals surface area contributed by atoms with Crippen molar-refractivity contribution in [3.63, 3.8) is 0 Å². The van der Waals surface area contributed by atoms with Gasteiger partial charge < -0.3 is 4.90 Å². The summed E-state index contributed by atoms with van der Waals surface area (Å²) in [7, 11) is 2.06. The molecule has 1 aliphatic carbocycles. The lowest BCUT2D eigenvalue weighted by atomic mass is 9.91. The first-order valence-electron chi connectivity index (χ1n) is 5.69. The Balaban J connectivity index is 2.27. The zero-order valence-electron chi connectivity index (χ0n) is 9.73. The Bertz CT molecular complexity index is 433. The summed E-state index contributed by atoms with van der Waals surface area (Å²) in [5.74, 6) is 0. The first-order chi connectivity index (χ1) is 8.13. The minimum Gasteiger partial charge on any atom is -0.372 e. The number of rotatable bonds is 4. The van der Waals surface area contributed by atoms with Crippen molar-refractivity contribution >= 4 is 27.3 Å². The molecule has 0 atom stereocenters. The first-order valence-corrected chi connectivity index (χ1v) is 6.81. The second kappa shape index (κ2) is 5.04. The van der Waals surface area contributed by atoms with Crippen molar-refractivity contribution in [3.8, 4) is 0 Å². The second-order valence-corrected chi connectivity index (χ2v) is 4.96. The number of nitro groups is 1. The molecule has 0 heterocycles. The minimum absolute atomic E-state index is 0.188. The van der Waals surface area contributed by atoms with Crippen LogP contribution in [0.2, 0.25) is 0 Å². The molecule has 0 amide bonds. The number of benzene rings is 1. The van der Waals surface area contributed by atoms with Gasteiger partial charge in [0.05, 0.1) is 4.92 Å². The van der Waals surface area contributed by atoms with Crippen LogP contribution >= 0.6 is 15.9 Å². The quantitative estimate of drug-likeness (QED) is 0.486. The molecule has 92 valence electrons. The fourth-order valence-corrected chi connectivity index (χ4v) is 2.51. The summed E-state index contributed by atoms with van der Waals surface area (Å²) < 4.78 is 0. The van der Waals surface area contributed by atoms with Gasteiger partial charge in [-0.1, -0.05) is 15.9 Å². The summed E-state index contributed by atoms with van der Waals surface area (Å²) in [6.07, 6.45) is 3.72. The second-order valence-electron chi connectivity index (χ2n) is 4.40. The molecule has 17 heavy (non-hydrogen) atoms. The van der Waals surface area contributed by atoms with E-state index in [1.807, 2.05) is 12.1 Å². The first kappa shape index (κ1) is 12.4. The summed E-state index contributed by atoms with van der Waals surface area (Å²) in [5, 5.41) is 11.3. The van der Waals surface area contributed by atoms with Crippen LogP contribution in [0.5, 0.6) is 0 Å². The fraction of sp³-hybridized carbons (Fsp3) is 0.500. The molecule has 1 aromatic carbocycles. The van der Waals surface area contributed by atoms with Gasteiger partial charge in [0, 0.05) is 35.7 Å². The highest BCUT2D eigenvalue weighted by Crippen LogP contribution is 2.31. The summed E-state index contributed by atoms with van der Waals surface area (Å²) in [4.78, 5) is 12.7. The fourth-order valence-electron chi connectivity index (χ4n) is 2.06. The number of hydrogen-bond acceptors (Lipinski definition) is 3. The predicted molar refractivity (Wildman–Crippen MR) is 71.8 cm³/mol. The highest BCUT2D eigenvalue weighted by atomic mass is 79.9. The molecule has 1 saturated carbocycles. The number of nitrogens with zero attached hydrogens (tertiary/aromatic N) is 2. The maximum Gasteiger partial charge on any atom is 0.273 e. The summed E-state index contributed by atoms with van der Waals surface area (Å²) in [6.45, 7) is 0. The van der Waals surface area contributed by atoms with Crippen molar-refractivity contribution in [1.82, 2.24) is 0 Å². The van der Waals surface area contributed by atoms with Gasteiger partial charge in [-0.25, -0.2) is 0 Å². The van der Waals surface area contributed by atoms with E-state index in [0.29, 0.717) is 11.4 Å². The van der Waals surface area contributed by atoms with Crippen molar-refractivity contribution in [2.45, 2.75) is 30.6 Å². The third kappa shape index (κ3) is 2.44. The summed E-state index contributed by atoms with van der Waals surface area (Å²) in [5.41, 5.74) is 1.99. The van der Waals surface area contributed by atoms with Crippen molar-refractivity contribution in [2.24, 2.45) is 0 Å². The van der Waals surface area contributed by atoms with Gasteiger partial charge in [0.15, 0.2) is 0 Å². The highest BCUT2D eigenvalue weighted by molar-refractivity contribution is 9.08. The van der Waals surface area contributed by atoms with E-state index in [0.717, 1.165) is 11.3 Å². The van der Waals surface area contributed by atoms with Crippen LogP contribution in [0.3, 0.4) is 0 Å². The van der Waals surface area contributed by atoms with Crippen molar-refractivity contribution < 1.29 is 4.92 Å². The largest absolute Gasteiger partial charge is 0.372 e. The molecule has 0 N–H and O–H groups in total. The normalized spacial score (nSPS) is 15.4. The molecule has 0 spiro atoms. The molecular formula is C12H15BrN2O2. The lowest BCUT2D eigenvalue weighted by Crippen LogP contribution is -2.37. The molecule has 5 heteroatoms. The minimum atomic E-state index is -0.330. The van der Waals surface area contributed by atoms with Crippen molar-refractivity contribution in [3.05, 3.63) is 33.9 Å². The van der Waals surface area contributed by atoms with E-state index in [4.69, 9.17) is 0 Å². The van der Waals surface area contributed by atoms with Gasteiger partial charge >= 0.3 is 0 Å². The molecule has 0 saturated heterocycles. The zero-order valence-corrected chi connectivity index (χ0v) is 11.3. The topological polar surface area (TPSA) is 46.4 Å². The molecule has 1 aromatic rings. The van der Waals surface area contributed by atoms with Gasteiger partial charge in [-0.05, 0) is 31.4 Å². The van der Waals surface area contributed by atoms with Gasteiger partial charge in [0.25, 0.3) is 5.69 Å². The molecule has 0 radical (unpaired) electrons. The average molecular weight is 299 g/mol. The van der Waals surface area contributed by atoms with Crippen LogP contribution < -0.4 is 4.90 Å². The molecule has 2 rings (SSSR count). The Morgan fingerprint density at radius 2 is 2.24 bits per heavy atom. The molecule has 4 nitrogen and oxygen atoms in total. The van der Waals surface area contributed by atoms with Crippen LogP contribution in [0.15, 0.2) is 18.2 Å². The van der Waals surface area contributed by atoms with Crippen molar-refractivity contribution in [2.75, 3.05) is 11.9 Å². The van der Waals surface area contributed by atoms with Crippen LogP contribution in [-0.4, -0.2) is 18.0 Å². The maximum atomic E-state index is 10.8. The van der Waals surface area contributed by atoms with Gasteiger partial charge in [0.1, 0.15) is 0 Å². The van der Waals surface area contributed by atoms with Crippen LogP contribution in [-0.2, 0) is 5.33 Å².